The average molecular weight is 288 g/mol. The van der Waals surface area contributed by atoms with Crippen molar-refractivity contribution in [1.29, 1.82) is 0 Å². The zero-order chi connectivity index (χ0) is 15.0. The number of carbonyl (C=O) groups excluding carboxylic acids is 1. The van der Waals surface area contributed by atoms with Crippen molar-refractivity contribution in [1.82, 2.24) is 10.2 Å². The fourth-order valence-electron chi connectivity index (χ4n) is 3.26. The second kappa shape index (κ2) is 5.48. The normalized spacial score (nSPS) is 24.7. The van der Waals surface area contributed by atoms with E-state index in [2.05, 4.69) is 12.2 Å². The molecule has 1 aromatic rings. The summed E-state index contributed by atoms with van der Waals surface area (Å²) in [7, 11) is 0. The third-order valence-electron chi connectivity index (χ3n) is 4.52. The molecular formula is C16H20N2O3. The van der Waals surface area contributed by atoms with Crippen LogP contribution in [-0.2, 0) is 17.9 Å². The molecule has 3 rings (SSSR count). The lowest BCUT2D eigenvalue weighted by Gasteiger charge is -2.32. The van der Waals surface area contributed by atoms with E-state index < -0.39 is 5.97 Å². The molecule has 2 N–H and O–H groups in total. The van der Waals surface area contributed by atoms with Gasteiger partial charge in [-0.3, -0.25) is 4.79 Å². The van der Waals surface area contributed by atoms with E-state index in [-0.39, 0.29) is 17.5 Å². The van der Waals surface area contributed by atoms with E-state index in [1.807, 2.05) is 11.0 Å². The van der Waals surface area contributed by atoms with Crippen molar-refractivity contribution >= 4 is 11.9 Å². The number of carboxylic acids is 1. The second-order valence-corrected chi connectivity index (χ2v) is 6.03. The van der Waals surface area contributed by atoms with Gasteiger partial charge in [0.15, 0.2) is 0 Å². The minimum Gasteiger partial charge on any atom is -0.478 e. The summed E-state index contributed by atoms with van der Waals surface area (Å²) < 4.78 is 0. The smallest absolute Gasteiger partial charge is 0.335 e. The first kappa shape index (κ1) is 14.1. The number of nitrogens with one attached hydrogen (secondary N) is 1. The zero-order valence-corrected chi connectivity index (χ0v) is 12.1. The third-order valence-corrected chi connectivity index (χ3v) is 4.52. The van der Waals surface area contributed by atoms with Crippen LogP contribution < -0.4 is 5.32 Å². The van der Waals surface area contributed by atoms with Gasteiger partial charge in [0.2, 0.25) is 5.91 Å². The highest BCUT2D eigenvalue weighted by Crippen LogP contribution is 2.26. The molecule has 112 valence electrons. The van der Waals surface area contributed by atoms with Gasteiger partial charge < -0.3 is 15.3 Å². The van der Waals surface area contributed by atoms with E-state index in [0.29, 0.717) is 19.0 Å². The van der Waals surface area contributed by atoms with E-state index >= 15 is 0 Å². The standard InChI is InChI=1S/C16H20N2O3/c1-10-3-2-6-17-14(10)15(19)18-8-12-5-4-11(16(20)21)7-13(12)9-18/h4-5,7,10,14,17H,2-3,6,8-9H2,1H3,(H,20,21). The molecule has 2 atom stereocenters. The summed E-state index contributed by atoms with van der Waals surface area (Å²) in [5, 5.41) is 12.4. The SMILES string of the molecule is CC1CCCNC1C(=O)N1Cc2ccc(C(=O)O)cc2C1. The van der Waals surface area contributed by atoms with Gasteiger partial charge in [0.1, 0.15) is 0 Å². The van der Waals surface area contributed by atoms with Gasteiger partial charge in [-0.1, -0.05) is 13.0 Å². The van der Waals surface area contributed by atoms with Crippen molar-refractivity contribution < 1.29 is 14.7 Å². The van der Waals surface area contributed by atoms with Crippen LogP contribution in [-0.4, -0.2) is 34.5 Å². The Balaban J connectivity index is 1.74. The largest absolute Gasteiger partial charge is 0.478 e. The monoisotopic (exact) mass is 288 g/mol. The first-order valence-electron chi connectivity index (χ1n) is 7.43. The Morgan fingerprint density at radius 1 is 1.29 bits per heavy atom. The van der Waals surface area contributed by atoms with E-state index in [1.165, 1.54) is 0 Å². The Kier molecular flexibility index (Phi) is 3.68. The molecule has 1 fully saturated rings. The summed E-state index contributed by atoms with van der Waals surface area (Å²) in [6.07, 6.45) is 2.19. The van der Waals surface area contributed by atoms with Crippen molar-refractivity contribution in [3.05, 3.63) is 34.9 Å². The molecule has 2 aliphatic rings. The Morgan fingerprint density at radius 3 is 2.76 bits per heavy atom. The highest BCUT2D eigenvalue weighted by Gasteiger charge is 2.33. The number of aromatic carboxylic acids is 1. The molecule has 0 bridgehead atoms. The number of hydrogen-bond acceptors (Lipinski definition) is 3. The van der Waals surface area contributed by atoms with Gasteiger partial charge in [0.25, 0.3) is 0 Å². The maximum Gasteiger partial charge on any atom is 0.335 e. The van der Waals surface area contributed by atoms with Gasteiger partial charge in [-0.25, -0.2) is 4.79 Å². The van der Waals surface area contributed by atoms with Gasteiger partial charge in [-0.05, 0) is 48.6 Å². The lowest BCUT2D eigenvalue weighted by Crippen LogP contribution is -2.51. The van der Waals surface area contributed by atoms with Crippen LogP contribution in [0.5, 0.6) is 0 Å². The number of carbonyl (C=O) groups is 2. The number of benzene rings is 1. The summed E-state index contributed by atoms with van der Waals surface area (Å²) in [6, 6.07) is 5.01. The van der Waals surface area contributed by atoms with Crippen LogP contribution in [0, 0.1) is 5.92 Å². The summed E-state index contributed by atoms with van der Waals surface area (Å²) in [6.45, 7) is 4.10. The van der Waals surface area contributed by atoms with Crippen LogP contribution in [0.15, 0.2) is 18.2 Å². The predicted molar refractivity (Wildman–Crippen MR) is 77.8 cm³/mol. The topological polar surface area (TPSA) is 69.6 Å². The van der Waals surface area contributed by atoms with Gasteiger partial charge in [-0.2, -0.15) is 0 Å². The summed E-state index contributed by atoms with van der Waals surface area (Å²) >= 11 is 0. The van der Waals surface area contributed by atoms with Crippen LogP contribution >= 0.6 is 0 Å². The van der Waals surface area contributed by atoms with Crippen molar-refractivity contribution in [2.45, 2.75) is 38.9 Å². The highest BCUT2D eigenvalue weighted by atomic mass is 16.4. The molecule has 0 radical (unpaired) electrons. The van der Waals surface area contributed by atoms with Gasteiger partial charge >= 0.3 is 5.97 Å². The average Bonchev–Trinajstić information content (AvgIpc) is 2.89. The fraction of sp³-hybridized carbons (Fsp3) is 0.500. The minimum absolute atomic E-state index is 0.105. The second-order valence-electron chi connectivity index (χ2n) is 6.03. The zero-order valence-electron chi connectivity index (χ0n) is 12.1. The quantitative estimate of drug-likeness (QED) is 0.867. The molecule has 2 aliphatic heterocycles. The van der Waals surface area contributed by atoms with Crippen LogP contribution in [0.3, 0.4) is 0 Å². The molecule has 5 nitrogen and oxygen atoms in total. The molecule has 1 aromatic carbocycles. The first-order chi connectivity index (χ1) is 10.1. The molecule has 2 unspecified atom stereocenters. The number of fused-ring (bicyclic) bond motifs is 1. The number of nitrogens with zero attached hydrogens (tertiary/aromatic N) is 1. The molecule has 1 amide bonds. The van der Waals surface area contributed by atoms with Crippen LogP contribution in [0.25, 0.3) is 0 Å². The van der Waals surface area contributed by atoms with Crippen molar-refractivity contribution in [3.63, 3.8) is 0 Å². The van der Waals surface area contributed by atoms with Crippen LogP contribution in [0.4, 0.5) is 0 Å². The van der Waals surface area contributed by atoms with E-state index in [4.69, 9.17) is 5.11 Å². The number of piperidine rings is 1. The fourth-order valence-corrected chi connectivity index (χ4v) is 3.26. The van der Waals surface area contributed by atoms with E-state index in [1.54, 1.807) is 12.1 Å². The Hall–Kier alpha value is -1.88. The van der Waals surface area contributed by atoms with Crippen molar-refractivity contribution in [3.8, 4) is 0 Å². The van der Waals surface area contributed by atoms with Crippen LogP contribution in [0.2, 0.25) is 0 Å². The molecule has 0 aromatic heterocycles. The number of hydrogen-bond donors (Lipinski definition) is 2. The van der Waals surface area contributed by atoms with Gasteiger partial charge in [-0.15, -0.1) is 0 Å². The molecule has 2 heterocycles. The third kappa shape index (κ3) is 2.65. The Bertz CT molecular complexity index is 585. The first-order valence-corrected chi connectivity index (χ1v) is 7.43. The molecule has 0 saturated carbocycles. The van der Waals surface area contributed by atoms with Gasteiger partial charge in [0, 0.05) is 13.1 Å². The van der Waals surface area contributed by atoms with Crippen LogP contribution in [0.1, 0.15) is 41.3 Å². The molecule has 5 heteroatoms. The number of rotatable bonds is 2. The Morgan fingerprint density at radius 2 is 2.05 bits per heavy atom. The van der Waals surface area contributed by atoms with Crippen molar-refractivity contribution in [2.75, 3.05) is 6.54 Å². The number of amides is 1. The minimum atomic E-state index is -0.926. The summed E-state index contributed by atoms with van der Waals surface area (Å²) in [4.78, 5) is 25.5. The maximum absolute atomic E-state index is 12.6. The molecule has 0 spiro atoms. The predicted octanol–water partition coefficient (Wildman–Crippen LogP) is 1.62. The highest BCUT2D eigenvalue weighted by molar-refractivity contribution is 5.88. The number of carboxylic acid groups (broad SMARTS) is 1. The molecular weight excluding hydrogens is 268 g/mol. The van der Waals surface area contributed by atoms with Gasteiger partial charge in [0.05, 0.1) is 11.6 Å². The summed E-state index contributed by atoms with van der Waals surface area (Å²) in [5.74, 6) is -0.440. The molecule has 1 saturated heterocycles. The summed E-state index contributed by atoms with van der Waals surface area (Å²) in [5.41, 5.74) is 2.29. The molecule has 21 heavy (non-hydrogen) atoms. The Labute approximate surface area is 123 Å². The lowest BCUT2D eigenvalue weighted by molar-refractivity contribution is -0.135. The lowest BCUT2D eigenvalue weighted by atomic mass is 9.92. The van der Waals surface area contributed by atoms with E-state index in [0.717, 1.165) is 30.5 Å². The van der Waals surface area contributed by atoms with E-state index in [9.17, 15) is 9.59 Å². The maximum atomic E-state index is 12.6. The van der Waals surface area contributed by atoms with Crippen molar-refractivity contribution in [2.24, 2.45) is 5.92 Å². The molecule has 0 aliphatic carbocycles.